The van der Waals surface area contributed by atoms with Crippen LogP contribution in [-0.2, 0) is 32.7 Å². The molecular formula is C97H99F4N27O4. The molecule has 31 nitrogen and oxygen atoms in total. The molecule has 9 aromatic heterocycles. The van der Waals surface area contributed by atoms with E-state index in [9.17, 15) is 17.6 Å². The molecule has 13 aromatic rings. The highest BCUT2D eigenvalue weighted by atomic mass is 19.1. The van der Waals surface area contributed by atoms with Crippen LogP contribution in [0.15, 0.2) is 129 Å². The van der Waals surface area contributed by atoms with Gasteiger partial charge in [-0.2, -0.15) is 45.0 Å². The molecule has 12 aliphatic rings. The summed E-state index contributed by atoms with van der Waals surface area (Å²) >= 11 is 0. The predicted molar refractivity (Wildman–Crippen MR) is 493 cm³/mol. The van der Waals surface area contributed by atoms with Gasteiger partial charge >= 0.3 is 24.0 Å². The summed E-state index contributed by atoms with van der Waals surface area (Å²) in [5, 5.41) is 20.1. The molecule has 1 spiro atoms. The van der Waals surface area contributed by atoms with Crippen molar-refractivity contribution < 1.29 is 36.5 Å². The lowest BCUT2D eigenvalue weighted by Crippen LogP contribution is -2.62. The van der Waals surface area contributed by atoms with Crippen LogP contribution in [-0.4, -0.2) is 186 Å². The van der Waals surface area contributed by atoms with E-state index in [-0.39, 0.29) is 64.8 Å². The van der Waals surface area contributed by atoms with Crippen LogP contribution in [0.1, 0.15) is 87.4 Å². The molecule has 8 atom stereocenters. The van der Waals surface area contributed by atoms with Crippen LogP contribution >= 0.6 is 0 Å². The van der Waals surface area contributed by atoms with E-state index >= 15 is 0 Å². The van der Waals surface area contributed by atoms with Gasteiger partial charge in [0.2, 0.25) is 0 Å². The zero-order valence-electron chi connectivity index (χ0n) is 74.2. The van der Waals surface area contributed by atoms with Gasteiger partial charge in [0.1, 0.15) is 75.9 Å². The van der Waals surface area contributed by atoms with Gasteiger partial charge in [-0.15, -0.1) is 0 Å². The molecule has 132 heavy (non-hydrogen) atoms. The molecule has 8 fully saturated rings. The first-order chi connectivity index (χ1) is 64.0. The van der Waals surface area contributed by atoms with Crippen LogP contribution < -0.4 is 82.3 Å². The summed E-state index contributed by atoms with van der Waals surface area (Å²) in [6, 6.07) is 22.2. The SMILES string of the molecule is CNc1cc(F)cc2c1Cc1nc(Oc3cncc(-c4ncnn4C)c3)nc(N3CC4C(N)C4C3)c1-2.CNc1cc(F)cc2c1Cc1nc(Oc3cncc(C)c3)nc(N3CC4CC(N)C4C3)c1-2.CNc1cc(F)cc2c1Cc1nc(Oc3cncc(C)c3)nc(N3CCC4CNC4C3)c1-2.CNc1cc(F)cc2c1Cc1nc(Oc3cncc(C)c3)nc(N3C[C@H](N)C4(CC4)C3)c1-2. The Kier molecular flexibility index (Phi) is 21.0. The molecule has 0 amide bonds. The Balaban J connectivity index is 0.000000103. The molecule has 3 saturated carbocycles. The van der Waals surface area contributed by atoms with Gasteiger partial charge in [0.05, 0.1) is 47.6 Å². The summed E-state index contributed by atoms with van der Waals surface area (Å²) in [4.78, 5) is 68.6. The normalized spacial score (nSPS) is 21.1. The van der Waals surface area contributed by atoms with Crippen LogP contribution in [0.25, 0.3) is 55.9 Å². The number of piperidine rings is 2. The molecule has 7 unspecified atom stereocenters. The van der Waals surface area contributed by atoms with Gasteiger partial charge in [-0.3, -0.25) is 19.9 Å². The maximum absolute atomic E-state index is 14.5. The fourth-order valence-electron chi connectivity index (χ4n) is 21.2. The fraction of sp³-hybridized carbons (Fsp3) is 0.361. The van der Waals surface area contributed by atoms with Crippen LogP contribution in [0.5, 0.6) is 47.0 Å². The smallest absolute Gasteiger partial charge is 0.324 e. The summed E-state index contributed by atoms with van der Waals surface area (Å²) in [5.41, 5.74) is 40.4. The van der Waals surface area contributed by atoms with Crippen molar-refractivity contribution in [2.24, 2.45) is 59.3 Å². The molecule has 11 N–H and O–H groups in total. The summed E-state index contributed by atoms with van der Waals surface area (Å²) < 4.78 is 83.8. The molecule has 25 rings (SSSR count). The number of ether oxygens (including phenoxy) is 4. The van der Waals surface area contributed by atoms with E-state index in [1.165, 1.54) is 30.6 Å². The molecule has 5 saturated heterocycles. The molecule has 0 radical (unpaired) electrons. The van der Waals surface area contributed by atoms with Crippen molar-refractivity contribution in [3.8, 4) is 103 Å². The number of pyridine rings is 4. The van der Waals surface area contributed by atoms with Crippen molar-refractivity contribution in [2.75, 3.05) is 128 Å². The number of nitrogens with one attached hydrogen (secondary N) is 5. The number of nitrogens with two attached hydrogens (primary N) is 3. The zero-order valence-corrected chi connectivity index (χ0v) is 74.2. The van der Waals surface area contributed by atoms with Crippen molar-refractivity contribution >= 4 is 46.0 Å². The quantitative estimate of drug-likeness (QED) is 0.0393. The average molecular weight is 1780 g/mol. The minimum Gasteiger partial charge on any atom is -0.423 e. The number of hydrogen-bond acceptors (Lipinski definition) is 30. The topological polar surface area (TPSA) is 373 Å². The number of anilines is 8. The van der Waals surface area contributed by atoms with Crippen molar-refractivity contribution in [1.29, 1.82) is 0 Å². The Morgan fingerprint density at radius 1 is 0.432 bits per heavy atom. The first-order valence-electron chi connectivity index (χ1n) is 45.0. The molecule has 4 aromatic carbocycles. The highest BCUT2D eigenvalue weighted by Gasteiger charge is 2.56. The lowest BCUT2D eigenvalue weighted by molar-refractivity contribution is 0.194. The van der Waals surface area contributed by atoms with Gasteiger partial charge in [0, 0.05) is 218 Å². The van der Waals surface area contributed by atoms with E-state index in [4.69, 9.17) is 76.0 Å². The average Bonchev–Trinajstić information content (AvgIpc) is 1.57. The number of aryl methyl sites for hydroxylation is 4. The van der Waals surface area contributed by atoms with E-state index < -0.39 is 0 Å². The van der Waals surface area contributed by atoms with E-state index in [1.807, 2.05) is 66.2 Å². The molecule has 14 heterocycles. The summed E-state index contributed by atoms with van der Waals surface area (Å²) in [6.45, 7) is 13.7. The number of hydrogen-bond donors (Lipinski definition) is 8. The fourth-order valence-corrected chi connectivity index (χ4v) is 21.2. The second-order valence-corrected chi connectivity index (χ2v) is 36.7. The number of fused-ring (bicyclic) bond motifs is 15. The molecule has 674 valence electrons. The number of aromatic nitrogens is 15. The van der Waals surface area contributed by atoms with E-state index in [0.29, 0.717) is 90.2 Å². The zero-order chi connectivity index (χ0) is 90.4. The van der Waals surface area contributed by atoms with E-state index in [0.717, 1.165) is 248 Å². The van der Waals surface area contributed by atoms with E-state index in [1.54, 1.807) is 92.6 Å². The Labute approximate surface area is 758 Å². The highest BCUT2D eigenvalue weighted by Crippen LogP contribution is 2.57. The van der Waals surface area contributed by atoms with Crippen LogP contribution in [0.4, 0.5) is 63.6 Å². The second-order valence-electron chi connectivity index (χ2n) is 36.7. The van der Waals surface area contributed by atoms with Crippen molar-refractivity contribution in [3.63, 3.8) is 0 Å². The van der Waals surface area contributed by atoms with Crippen LogP contribution in [0, 0.1) is 79.0 Å². The minimum atomic E-state index is -0.296. The molecular weight excluding hydrogens is 1680 g/mol. The van der Waals surface area contributed by atoms with Crippen molar-refractivity contribution in [3.05, 3.63) is 214 Å². The molecule has 5 aliphatic heterocycles. The summed E-state index contributed by atoms with van der Waals surface area (Å²) in [6.07, 6.45) is 21.9. The molecule has 7 aliphatic carbocycles. The number of rotatable bonds is 17. The van der Waals surface area contributed by atoms with Gasteiger partial charge < -0.3 is 82.3 Å². The molecule has 35 heteroatoms. The number of nitrogens with zero attached hydrogens (tertiary/aromatic N) is 19. The van der Waals surface area contributed by atoms with Gasteiger partial charge in [-0.25, -0.2) is 27.2 Å². The largest absolute Gasteiger partial charge is 0.423 e. The Hall–Kier alpha value is -13.9. The van der Waals surface area contributed by atoms with Gasteiger partial charge in [-0.1, -0.05) is 0 Å². The Bertz CT molecular complexity index is 6630. The standard InChI is InChI=1S/C25H24FN9O.3C24H25FN6O/c1-28-19-5-13(26)4-16-15(19)6-20-21(16)24(35-9-17-18(10-35)22(17)27)33-25(32-20)36-14-3-12(7-29-8-14)23-30-11-31-34(23)2;1-12-3-15(9-28-8-12)32-24-29-21-7-16-17(5-14(25)6-20(16)27-2)22(21)23(30-24)31-10-13-4-19(26)18(13)11-31;1-13-5-15(10-28-9-13)32-23-29-19-8-16-17(6-14(25)7-18(16)27-2)21(19)22(30-23)31-11-20(26)24(12-31)3-4-24;1-13-5-16(11-27-9-13)32-24-29-20-8-17-18(6-15(25)7-19(17)26-2)22(20)23(30-24)31-4-3-14-10-28-21(14)12-31/h3-5,7-8,11,17-18,22,28H,6,9-10,27H2,1-2H3;3,5-6,8-9,13,18-19,27H,4,7,10-11,26H2,1-2H3;5-7,9-10,20,27H,3-4,8,11-12,26H2,1-2H3;5-7,9,11,14,21,26,28H,3-4,8,10,12H2,1-2H3/t;;20-;/m..0./s1. The first-order valence-corrected chi connectivity index (χ1v) is 45.0. The third kappa shape index (κ3) is 15.4. The Morgan fingerprint density at radius 3 is 1.18 bits per heavy atom. The maximum atomic E-state index is 14.5. The van der Waals surface area contributed by atoms with Crippen LogP contribution in [0.2, 0.25) is 0 Å². The third-order valence-corrected chi connectivity index (χ3v) is 28.3. The molecule has 0 bridgehead atoms. The summed E-state index contributed by atoms with van der Waals surface area (Å²) in [7, 11) is 9.05. The van der Waals surface area contributed by atoms with Gasteiger partial charge in [0.15, 0.2) is 5.82 Å². The lowest BCUT2D eigenvalue weighted by atomic mass is 9.72. The third-order valence-electron chi connectivity index (χ3n) is 28.3. The van der Waals surface area contributed by atoms with E-state index in [2.05, 4.69) is 76.2 Å². The lowest BCUT2D eigenvalue weighted by Gasteiger charge is -2.46. The maximum Gasteiger partial charge on any atom is 0.324 e. The number of halogens is 4. The number of benzene rings is 4. The first kappa shape index (κ1) is 83.7. The monoisotopic (exact) mass is 1780 g/mol. The van der Waals surface area contributed by atoms with Gasteiger partial charge in [0.25, 0.3) is 0 Å². The predicted octanol–water partition coefficient (Wildman–Crippen LogP) is 13.3. The second kappa shape index (κ2) is 33.2. The summed E-state index contributed by atoms with van der Waals surface area (Å²) in [5.74, 6) is 7.72. The Morgan fingerprint density at radius 2 is 0.826 bits per heavy atom. The minimum absolute atomic E-state index is 0.111. The van der Waals surface area contributed by atoms with Crippen molar-refractivity contribution in [2.45, 2.75) is 96.3 Å². The van der Waals surface area contributed by atoms with Gasteiger partial charge in [-0.05, 0) is 217 Å². The highest BCUT2D eigenvalue weighted by molar-refractivity contribution is 5.92. The van der Waals surface area contributed by atoms with Crippen LogP contribution in [0.3, 0.4) is 0 Å². The van der Waals surface area contributed by atoms with Crippen molar-refractivity contribution in [1.82, 2.24) is 79.9 Å².